The van der Waals surface area contributed by atoms with Crippen molar-refractivity contribution >= 4 is 65.7 Å². The van der Waals surface area contributed by atoms with Gasteiger partial charge in [0.2, 0.25) is 0 Å². The van der Waals surface area contributed by atoms with Crippen LogP contribution in [0.3, 0.4) is 0 Å². The number of para-hydroxylation sites is 6. The van der Waals surface area contributed by atoms with Gasteiger partial charge in [0.05, 0.1) is 22.1 Å². The zero-order chi connectivity index (χ0) is 40.7. The normalized spacial score (nSPS) is 11.9. The van der Waals surface area contributed by atoms with Crippen molar-refractivity contribution < 1.29 is 0 Å². The van der Waals surface area contributed by atoms with E-state index in [1.54, 1.807) is 0 Å². The van der Waals surface area contributed by atoms with E-state index >= 15 is 0 Å². The number of rotatable bonds is 6. The molecule has 13 aromatic rings. The molecule has 0 spiro atoms. The van der Waals surface area contributed by atoms with Gasteiger partial charge in [-0.25, -0.2) is 0 Å². The average Bonchev–Trinajstić information content (AvgIpc) is 4.06. The SMILES string of the molecule is c1ccc(-c2cc3c(cc2-c2ccc4c5c6ccccc6n(-c6ccccc6)c5n(-c5ccccc5)c4c2)c2c4ccccc4n(-c4ccccc4)c2n3-c2ccccc2)cc1. The van der Waals surface area contributed by atoms with Crippen LogP contribution in [0.15, 0.2) is 231 Å². The predicted molar refractivity (Wildman–Crippen MR) is 260 cm³/mol. The lowest BCUT2D eigenvalue weighted by molar-refractivity contribution is 1.07. The van der Waals surface area contributed by atoms with Crippen molar-refractivity contribution in [2.75, 3.05) is 0 Å². The second-order valence-corrected chi connectivity index (χ2v) is 16.1. The summed E-state index contributed by atoms with van der Waals surface area (Å²) in [5.74, 6) is 0. The third kappa shape index (κ3) is 5.01. The third-order valence-electron chi connectivity index (χ3n) is 12.7. The molecular formula is C58H38N4. The van der Waals surface area contributed by atoms with Gasteiger partial charge in [-0.1, -0.05) is 152 Å². The van der Waals surface area contributed by atoms with Gasteiger partial charge in [-0.3, -0.25) is 18.3 Å². The van der Waals surface area contributed by atoms with Crippen molar-refractivity contribution in [3.8, 4) is 45.0 Å². The molecule has 13 rings (SSSR count). The van der Waals surface area contributed by atoms with E-state index in [1.165, 1.54) is 76.6 Å². The highest BCUT2D eigenvalue weighted by atomic mass is 15.1. The molecule has 0 bridgehead atoms. The average molecular weight is 791 g/mol. The van der Waals surface area contributed by atoms with Crippen LogP contribution in [0.25, 0.3) is 111 Å². The second kappa shape index (κ2) is 13.6. The highest BCUT2D eigenvalue weighted by molar-refractivity contribution is 6.25. The topological polar surface area (TPSA) is 19.7 Å². The molecule has 0 saturated carbocycles. The van der Waals surface area contributed by atoms with Crippen LogP contribution in [0.4, 0.5) is 0 Å². The first kappa shape index (κ1) is 34.5. The molecule has 0 aliphatic heterocycles. The monoisotopic (exact) mass is 790 g/mol. The maximum Gasteiger partial charge on any atom is 0.131 e. The third-order valence-corrected chi connectivity index (χ3v) is 12.7. The molecule has 0 unspecified atom stereocenters. The summed E-state index contributed by atoms with van der Waals surface area (Å²) in [7, 11) is 0. The minimum atomic E-state index is 1.12. The van der Waals surface area contributed by atoms with Gasteiger partial charge >= 0.3 is 0 Å². The van der Waals surface area contributed by atoms with Crippen molar-refractivity contribution in [2.45, 2.75) is 0 Å². The first-order chi connectivity index (χ1) is 30.8. The molecule has 4 nitrogen and oxygen atoms in total. The van der Waals surface area contributed by atoms with Crippen LogP contribution in [-0.4, -0.2) is 18.3 Å². The Hall–Kier alpha value is -8.34. The van der Waals surface area contributed by atoms with E-state index in [0.717, 1.165) is 34.0 Å². The number of aromatic nitrogens is 4. The van der Waals surface area contributed by atoms with Crippen LogP contribution in [-0.2, 0) is 0 Å². The summed E-state index contributed by atoms with van der Waals surface area (Å²) >= 11 is 0. The molecular weight excluding hydrogens is 753 g/mol. The number of hydrogen-bond donors (Lipinski definition) is 0. The van der Waals surface area contributed by atoms with Crippen molar-refractivity contribution in [3.05, 3.63) is 231 Å². The van der Waals surface area contributed by atoms with Crippen LogP contribution in [0.5, 0.6) is 0 Å². The van der Waals surface area contributed by atoms with E-state index in [0.29, 0.717) is 0 Å². The molecule has 0 radical (unpaired) electrons. The molecule has 290 valence electrons. The molecule has 0 aliphatic rings. The van der Waals surface area contributed by atoms with E-state index in [1.807, 2.05) is 0 Å². The first-order valence-electron chi connectivity index (χ1n) is 21.3. The Kier molecular flexibility index (Phi) is 7.57. The number of nitrogens with zero attached hydrogens (tertiary/aromatic N) is 4. The number of hydrogen-bond acceptors (Lipinski definition) is 0. The first-order valence-corrected chi connectivity index (χ1v) is 21.3. The molecule has 0 amide bonds. The van der Waals surface area contributed by atoms with Crippen molar-refractivity contribution in [1.29, 1.82) is 0 Å². The fraction of sp³-hybridized carbons (Fsp3) is 0. The molecule has 9 aromatic carbocycles. The van der Waals surface area contributed by atoms with Crippen molar-refractivity contribution in [3.63, 3.8) is 0 Å². The highest BCUT2D eigenvalue weighted by Crippen LogP contribution is 2.47. The smallest absolute Gasteiger partial charge is 0.131 e. The van der Waals surface area contributed by atoms with E-state index in [9.17, 15) is 0 Å². The molecule has 0 atom stereocenters. The molecule has 4 aromatic heterocycles. The molecule has 0 saturated heterocycles. The zero-order valence-corrected chi connectivity index (χ0v) is 33.7. The van der Waals surface area contributed by atoms with Crippen LogP contribution in [0.1, 0.15) is 0 Å². The summed E-state index contributed by atoms with van der Waals surface area (Å²) in [5.41, 5.74) is 16.3. The molecule has 4 heterocycles. The van der Waals surface area contributed by atoms with Gasteiger partial charge in [-0.15, -0.1) is 0 Å². The largest absolute Gasteiger partial charge is 0.295 e. The molecule has 0 fully saturated rings. The fourth-order valence-corrected chi connectivity index (χ4v) is 10.2. The molecule has 0 aliphatic carbocycles. The van der Waals surface area contributed by atoms with Gasteiger partial charge < -0.3 is 0 Å². The lowest BCUT2D eigenvalue weighted by atomic mass is 9.92. The Morgan fingerprint density at radius 2 is 0.581 bits per heavy atom. The van der Waals surface area contributed by atoms with Crippen LogP contribution >= 0.6 is 0 Å². The molecule has 62 heavy (non-hydrogen) atoms. The quantitative estimate of drug-likeness (QED) is 0.160. The minimum Gasteiger partial charge on any atom is -0.295 e. The summed E-state index contributed by atoms with van der Waals surface area (Å²) in [4.78, 5) is 0. The summed E-state index contributed by atoms with van der Waals surface area (Å²) in [6.45, 7) is 0. The standard InChI is InChI=1S/C58H38N4/c1-6-20-39(21-7-1)49-38-54-50(56-46-31-17-19-33-52(46)60(42-24-10-3-11-25-42)58(56)62(54)44-28-14-5-15-29-44)37-48(49)40-34-35-47-53(36-40)61(43-26-12-4-13-27-43)57-55(47)45-30-16-18-32-51(45)59(57)41-22-8-2-9-23-41/h1-38H. The Morgan fingerprint density at radius 3 is 1.06 bits per heavy atom. The van der Waals surface area contributed by atoms with Gasteiger partial charge in [-0.05, 0) is 101 Å². The molecule has 0 N–H and O–H groups in total. The van der Waals surface area contributed by atoms with Crippen LogP contribution in [0.2, 0.25) is 0 Å². The Balaban J connectivity index is 1.18. The summed E-state index contributed by atoms with van der Waals surface area (Å²) in [6, 6.07) is 83.8. The minimum absolute atomic E-state index is 1.12. The van der Waals surface area contributed by atoms with Crippen LogP contribution < -0.4 is 0 Å². The fourth-order valence-electron chi connectivity index (χ4n) is 10.2. The zero-order valence-electron chi connectivity index (χ0n) is 33.7. The van der Waals surface area contributed by atoms with Gasteiger partial charge in [-0.2, -0.15) is 0 Å². The Morgan fingerprint density at radius 1 is 0.226 bits per heavy atom. The molecule has 4 heteroatoms. The second-order valence-electron chi connectivity index (χ2n) is 16.1. The lowest BCUT2D eigenvalue weighted by Crippen LogP contribution is -2.02. The Labute approximate surface area is 358 Å². The highest BCUT2D eigenvalue weighted by Gasteiger charge is 2.26. The van der Waals surface area contributed by atoms with Crippen molar-refractivity contribution in [2.24, 2.45) is 0 Å². The summed E-state index contributed by atoms with van der Waals surface area (Å²) in [6.07, 6.45) is 0. The maximum atomic E-state index is 2.47. The van der Waals surface area contributed by atoms with Crippen molar-refractivity contribution in [1.82, 2.24) is 18.3 Å². The summed E-state index contributed by atoms with van der Waals surface area (Å²) in [5, 5.41) is 7.41. The maximum absolute atomic E-state index is 2.47. The van der Waals surface area contributed by atoms with Crippen LogP contribution in [0, 0.1) is 0 Å². The Bertz CT molecular complexity index is 3820. The lowest BCUT2D eigenvalue weighted by Gasteiger charge is -2.16. The summed E-state index contributed by atoms with van der Waals surface area (Å²) < 4.78 is 9.82. The van der Waals surface area contributed by atoms with E-state index in [-0.39, 0.29) is 0 Å². The number of fused-ring (bicyclic) bond motifs is 10. The van der Waals surface area contributed by atoms with Gasteiger partial charge in [0, 0.05) is 55.1 Å². The predicted octanol–water partition coefficient (Wildman–Crippen LogP) is 15.1. The van der Waals surface area contributed by atoms with E-state index in [4.69, 9.17) is 0 Å². The van der Waals surface area contributed by atoms with E-state index < -0.39 is 0 Å². The van der Waals surface area contributed by atoms with E-state index in [2.05, 4.69) is 249 Å². The van der Waals surface area contributed by atoms with Gasteiger partial charge in [0.25, 0.3) is 0 Å². The van der Waals surface area contributed by atoms with Gasteiger partial charge in [0.1, 0.15) is 11.3 Å². The number of benzene rings is 9. The van der Waals surface area contributed by atoms with Gasteiger partial charge in [0.15, 0.2) is 0 Å².